The molecule has 0 fully saturated rings. The minimum Gasteiger partial charge on any atom is -0.484 e. The lowest BCUT2D eigenvalue weighted by Gasteiger charge is -2.11. The summed E-state index contributed by atoms with van der Waals surface area (Å²) in [6.45, 7) is 1.51. The number of benzene rings is 2. The molecule has 2 N–H and O–H groups in total. The zero-order valence-electron chi connectivity index (χ0n) is 13.3. The highest BCUT2D eigenvalue weighted by Crippen LogP contribution is 2.25. The number of nitrogens with one attached hydrogen (secondary N) is 2. The van der Waals surface area contributed by atoms with Crippen LogP contribution >= 0.6 is 31.9 Å². The number of halogens is 2. The average molecular weight is 472 g/mol. The minimum absolute atomic E-state index is 0.216. The molecular weight excluding hydrogens is 456 g/mol. The number of carbonyl (C=O) groups is 2. The van der Waals surface area contributed by atoms with Crippen molar-refractivity contribution >= 4 is 43.7 Å². The van der Waals surface area contributed by atoms with Crippen LogP contribution in [0.2, 0.25) is 0 Å². The number of amides is 2. The fourth-order valence-electron chi connectivity index (χ4n) is 1.76. The highest BCUT2D eigenvalue weighted by molar-refractivity contribution is 9.10. The van der Waals surface area contributed by atoms with Gasteiger partial charge in [0.05, 0.1) is 4.47 Å². The van der Waals surface area contributed by atoms with E-state index in [2.05, 4.69) is 42.7 Å². The van der Waals surface area contributed by atoms with Crippen LogP contribution in [0.4, 0.5) is 0 Å². The molecule has 0 bridgehead atoms. The van der Waals surface area contributed by atoms with Gasteiger partial charge in [-0.1, -0.05) is 22.0 Å². The first kappa shape index (κ1) is 19.3. The maximum absolute atomic E-state index is 11.7. The summed E-state index contributed by atoms with van der Waals surface area (Å²) < 4.78 is 12.3. The summed E-state index contributed by atoms with van der Waals surface area (Å²) in [7, 11) is 0. The van der Waals surface area contributed by atoms with Gasteiger partial charge in [-0.3, -0.25) is 20.4 Å². The summed E-state index contributed by atoms with van der Waals surface area (Å²) in [5, 5.41) is 0. The van der Waals surface area contributed by atoms with Gasteiger partial charge in [-0.2, -0.15) is 0 Å². The lowest BCUT2D eigenvalue weighted by atomic mass is 10.2. The molecule has 2 amide bonds. The quantitative estimate of drug-likeness (QED) is 0.634. The summed E-state index contributed by atoms with van der Waals surface area (Å²) in [4.78, 5) is 23.3. The van der Waals surface area contributed by atoms with Gasteiger partial charge in [0.2, 0.25) is 0 Å². The maximum Gasteiger partial charge on any atom is 0.276 e. The number of hydrazine groups is 1. The molecule has 0 spiro atoms. The van der Waals surface area contributed by atoms with E-state index in [1.165, 1.54) is 0 Å². The van der Waals surface area contributed by atoms with Crippen molar-refractivity contribution in [3.63, 3.8) is 0 Å². The smallest absolute Gasteiger partial charge is 0.276 e. The van der Waals surface area contributed by atoms with Crippen LogP contribution < -0.4 is 20.3 Å². The molecule has 25 heavy (non-hydrogen) atoms. The number of hydrogen-bond acceptors (Lipinski definition) is 4. The Morgan fingerprint density at radius 1 is 0.920 bits per heavy atom. The molecule has 6 nitrogen and oxygen atoms in total. The molecule has 0 aromatic heterocycles. The Hall–Kier alpha value is -2.06. The molecule has 2 aromatic carbocycles. The van der Waals surface area contributed by atoms with Crippen LogP contribution in [0.3, 0.4) is 0 Å². The second-order valence-corrected chi connectivity index (χ2v) is 6.83. The first-order chi connectivity index (χ1) is 11.9. The predicted octanol–water partition coefficient (Wildman–Crippen LogP) is 3.13. The molecule has 0 saturated heterocycles. The summed E-state index contributed by atoms with van der Waals surface area (Å²) in [6.07, 6.45) is 0. The summed E-state index contributed by atoms with van der Waals surface area (Å²) in [5.74, 6) is 0.139. The van der Waals surface area contributed by atoms with E-state index in [1.807, 2.05) is 19.1 Å². The van der Waals surface area contributed by atoms with E-state index in [0.717, 1.165) is 14.5 Å². The van der Waals surface area contributed by atoms with Crippen molar-refractivity contribution in [2.24, 2.45) is 0 Å². The fourth-order valence-corrected chi connectivity index (χ4v) is 2.63. The monoisotopic (exact) mass is 470 g/mol. The first-order valence-electron chi connectivity index (χ1n) is 7.29. The molecule has 0 aliphatic heterocycles. The third-order valence-electron chi connectivity index (χ3n) is 2.97. The highest BCUT2D eigenvalue weighted by Gasteiger charge is 2.08. The Bertz CT molecular complexity index is 751. The Labute approximate surface area is 162 Å². The summed E-state index contributed by atoms with van der Waals surface area (Å²) in [6, 6.07) is 12.6. The second-order valence-electron chi connectivity index (χ2n) is 5.06. The van der Waals surface area contributed by atoms with Gasteiger partial charge in [-0.05, 0) is 64.8 Å². The molecule has 2 rings (SSSR count). The standard InChI is InChI=1S/C17H16Br2N2O4/c1-11-2-7-15(14(19)8-11)25-10-17(23)21-20-16(22)9-24-13-5-3-12(18)4-6-13/h2-8H,9-10H2,1H3,(H,20,22)(H,21,23). The van der Waals surface area contributed by atoms with Gasteiger partial charge in [0.15, 0.2) is 13.2 Å². The van der Waals surface area contributed by atoms with Crippen LogP contribution in [0.25, 0.3) is 0 Å². The number of rotatable bonds is 6. The average Bonchev–Trinajstić information content (AvgIpc) is 2.58. The molecule has 0 radical (unpaired) electrons. The maximum atomic E-state index is 11.7. The van der Waals surface area contributed by atoms with Gasteiger partial charge in [0.1, 0.15) is 11.5 Å². The Kier molecular flexibility index (Phi) is 7.27. The normalized spacial score (nSPS) is 10.0. The van der Waals surface area contributed by atoms with E-state index < -0.39 is 11.8 Å². The molecule has 0 aliphatic rings. The first-order valence-corrected chi connectivity index (χ1v) is 8.87. The minimum atomic E-state index is -0.482. The Morgan fingerprint density at radius 2 is 1.52 bits per heavy atom. The van der Waals surface area contributed by atoms with Crippen LogP contribution in [0.1, 0.15) is 5.56 Å². The Balaban J connectivity index is 1.68. The number of hydrogen-bond donors (Lipinski definition) is 2. The third-order valence-corrected chi connectivity index (χ3v) is 4.12. The van der Waals surface area contributed by atoms with E-state index in [9.17, 15) is 9.59 Å². The summed E-state index contributed by atoms with van der Waals surface area (Å²) >= 11 is 6.67. The van der Waals surface area contributed by atoms with Crippen LogP contribution in [-0.2, 0) is 9.59 Å². The van der Waals surface area contributed by atoms with Gasteiger partial charge in [0, 0.05) is 4.47 Å². The SMILES string of the molecule is Cc1ccc(OCC(=O)NNC(=O)COc2ccc(Br)cc2)c(Br)c1. The van der Waals surface area contributed by atoms with Crippen LogP contribution in [0.5, 0.6) is 11.5 Å². The van der Waals surface area contributed by atoms with Crippen molar-refractivity contribution in [3.05, 3.63) is 57.0 Å². The van der Waals surface area contributed by atoms with Gasteiger partial charge in [0.25, 0.3) is 11.8 Å². The van der Waals surface area contributed by atoms with Crippen LogP contribution in [-0.4, -0.2) is 25.0 Å². The summed E-state index contributed by atoms with van der Waals surface area (Å²) in [5.41, 5.74) is 5.59. The van der Waals surface area contributed by atoms with E-state index in [4.69, 9.17) is 9.47 Å². The zero-order valence-corrected chi connectivity index (χ0v) is 16.5. The van der Waals surface area contributed by atoms with E-state index in [-0.39, 0.29) is 13.2 Å². The molecule has 2 aromatic rings. The van der Waals surface area contributed by atoms with Crippen LogP contribution in [0.15, 0.2) is 51.4 Å². The molecule has 0 unspecified atom stereocenters. The highest BCUT2D eigenvalue weighted by atomic mass is 79.9. The molecule has 132 valence electrons. The third kappa shape index (κ3) is 6.75. The lowest BCUT2D eigenvalue weighted by molar-refractivity contribution is -0.131. The van der Waals surface area contributed by atoms with E-state index in [1.54, 1.807) is 30.3 Å². The molecule has 0 saturated carbocycles. The number of carbonyl (C=O) groups excluding carboxylic acids is 2. The number of aryl methyl sites for hydroxylation is 1. The largest absolute Gasteiger partial charge is 0.484 e. The van der Waals surface area contributed by atoms with Gasteiger partial charge >= 0.3 is 0 Å². The molecule has 8 heteroatoms. The second kappa shape index (κ2) is 9.43. The van der Waals surface area contributed by atoms with Crippen molar-refractivity contribution in [1.29, 1.82) is 0 Å². The predicted molar refractivity (Wildman–Crippen MR) is 100 cm³/mol. The van der Waals surface area contributed by atoms with Gasteiger partial charge in [-0.25, -0.2) is 0 Å². The van der Waals surface area contributed by atoms with Gasteiger partial charge in [-0.15, -0.1) is 0 Å². The molecule has 0 aliphatic carbocycles. The van der Waals surface area contributed by atoms with E-state index >= 15 is 0 Å². The molecule has 0 heterocycles. The van der Waals surface area contributed by atoms with E-state index in [0.29, 0.717) is 11.5 Å². The molecule has 0 atom stereocenters. The van der Waals surface area contributed by atoms with Gasteiger partial charge < -0.3 is 9.47 Å². The zero-order chi connectivity index (χ0) is 18.2. The van der Waals surface area contributed by atoms with Crippen molar-refractivity contribution < 1.29 is 19.1 Å². The van der Waals surface area contributed by atoms with Crippen molar-refractivity contribution in [2.45, 2.75) is 6.92 Å². The lowest BCUT2D eigenvalue weighted by Crippen LogP contribution is -2.45. The Morgan fingerprint density at radius 3 is 2.12 bits per heavy atom. The number of ether oxygens (including phenoxy) is 2. The molecular formula is C17H16Br2N2O4. The topological polar surface area (TPSA) is 76.7 Å². The van der Waals surface area contributed by atoms with Crippen molar-refractivity contribution in [3.8, 4) is 11.5 Å². The fraction of sp³-hybridized carbons (Fsp3) is 0.176. The van der Waals surface area contributed by atoms with Crippen molar-refractivity contribution in [2.75, 3.05) is 13.2 Å². The van der Waals surface area contributed by atoms with Crippen molar-refractivity contribution in [1.82, 2.24) is 10.9 Å². The van der Waals surface area contributed by atoms with Crippen LogP contribution in [0, 0.1) is 6.92 Å².